The summed E-state index contributed by atoms with van der Waals surface area (Å²) in [6.07, 6.45) is 2.85. The maximum atomic E-state index is 12.1. The molecule has 0 saturated heterocycles. The summed E-state index contributed by atoms with van der Waals surface area (Å²) in [7, 11) is -3.64. The Morgan fingerprint density at radius 2 is 2.10 bits per heavy atom. The molecule has 20 heavy (non-hydrogen) atoms. The van der Waals surface area contributed by atoms with Crippen LogP contribution in [-0.4, -0.2) is 30.6 Å². The molecular formula is C13H22N2O4S. The molecule has 0 aliphatic heterocycles. The highest BCUT2D eigenvalue weighted by molar-refractivity contribution is 7.89. The number of hydrogen-bond donors (Lipinski definition) is 2. The Labute approximate surface area is 119 Å². The lowest BCUT2D eigenvalue weighted by atomic mass is 10.1. The Kier molecular flexibility index (Phi) is 5.76. The standard InChI is InChI=1S/C13H22N2O4S/c1-4-7-15-9-11(8-12(15)13(16)17)20(18,19)14-6-5-10(2)3/h8-10,14H,4-7H2,1-3H3,(H,16,17). The molecule has 0 aromatic carbocycles. The lowest BCUT2D eigenvalue weighted by Gasteiger charge is -2.06. The first-order chi connectivity index (χ1) is 9.27. The van der Waals surface area contributed by atoms with Gasteiger partial charge >= 0.3 is 5.97 Å². The normalized spacial score (nSPS) is 12.0. The number of aromatic nitrogens is 1. The Morgan fingerprint density at radius 3 is 2.60 bits per heavy atom. The van der Waals surface area contributed by atoms with E-state index in [9.17, 15) is 13.2 Å². The van der Waals surface area contributed by atoms with E-state index in [0.717, 1.165) is 12.8 Å². The van der Waals surface area contributed by atoms with Crippen molar-refractivity contribution in [3.8, 4) is 0 Å². The first-order valence-corrected chi connectivity index (χ1v) is 8.19. The first kappa shape index (κ1) is 16.7. The summed E-state index contributed by atoms with van der Waals surface area (Å²) in [6.45, 7) is 6.74. The molecule has 0 bridgehead atoms. The number of hydrogen-bond acceptors (Lipinski definition) is 3. The van der Waals surface area contributed by atoms with E-state index in [1.807, 2.05) is 20.8 Å². The largest absolute Gasteiger partial charge is 0.477 e. The van der Waals surface area contributed by atoms with E-state index in [2.05, 4.69) is 4.72 Å². The van der Waals surface area contributed by atoms with Gasteiger partial charge in [-0.2, -0.15) is 0 Å². The summed E-state index contributed by atoms with van der Waals surface area (Å²) in [5.41, 5.74) is -0.00363. The lowest BCUT2D eigenvalue weighted by molar-refractivity contribution is 0.0685. The van der Waals surface area contributed by atoms with Gasteiger partial charge in [-0.05, 0) is 24.8 Å². The summed E-state index contributed by atoms with van der Waals surface area (Å²) < 4.78 is 28.1. The van der Waals surface area contributed by atoms with Gasteiger partial charge in [-0.25, -0.2) is 17.9 Å². The van der Waals surface area contributed by atoms with Gasteiger partial charge in [0.15, 0.2) is 0 Å². The number of sulfonamides is 1. The molecule has 0 amide bonds. The first-order valence-electron chi connectivity index (χ1n) is 6.71. The van der Waals surface area contributed by atoms with E-state index in [-0.39, 0.29) is 10.6 Å². The fourth-order valence-electron chi connectivity index (χ4n) is 1.80. The van der Waals surface area contributed by atoms with E-state index in [1.54, 1.807) is 0 Å². The van der Waals surface area contributed by atoms with Crippen molar-refractivity contribution < 1.29 is 18.3 Å². The van der Waals surface area contributed by atoms with Crippen molar-refractivity contribution in [3.63, 3.8) is 0 Å². The van der Waals surface area contributed by atoms with Crippen molar-refractivity contribution in [3.05, 3.63) is 18.0 Å². The fraction of sp³-hybridized carbons (Fsp3) is 0.615. The van der Waals surface area contributed by atoms with Crippen molar-refractivity contribution >= 4 is 16.0 Å². The Hall–Kier alpha value is -1.34. The number of aryl methyl sites for hydroxylation is 1. The molecule has 7 heteroatoms. The summed E-state index contributed by atoms with van der Waals surface area (Å²) in [4.78, 5) is 11.1. The molecule has 0 aliphatic carbocycles. The minimum absolute atomic E-state index is 0.00363. The Bertz CT molecular complexity index is 561. The monoisotopic (exact) mass is 302 g/mol. The van der Waals surface area contributed by atoms with Gasteiger partial charge in [-0.1, -0.05) is 20.8 Å². The smallest absolute Gasteiger partial charge is 0.352 e. The highest BCUT2D eigenvalue weighted by Crippen LogP contribution is 2.15. The molecule has 1 rings (SSSR count). The minimum Gasteiger partial charge on any atom is -0.477 e. The zero-order valence-electron chi connectivity index (χ0n) is 12.1. The maximum Gasteiger partial charge on any atom is 0.352 e. The van der Waals surface area contributed by atoms with Crippen LogP contribution in [0.4, 0.5) is 0 Å². The van der Waals surface area contributed by atoms with Gasteiger partial charge in [0.1, 0.15) is 10.6 Å². The molecule has 1 aromatic heterocycles. The number of carboxylic acids is 1. The van der Waals surface area contributed by atoms with Gasteiger partial charge < -0.3 is 9.67 Å². The van der Waals surface area contributed by atoms with Crippen LogP contribution in [0, 0.1) is 5.92 Å². The number of aromatic carboxylic acids is 1. The molecule has 0 spiro atoms. The third-order valence-corrected chi connectivity index (χ3v) is 4.31. The van der Waals surface area contributed by atoms with Gasteiger partial charge in [0.2, 0.25) is 10.0 Å². The van der Waals surface area contributed by atoms with Crippen LogP contribution in [0.1, 0.15) is 44.1 Å². The second-order valence-corrected chi connectivity index (χ2v) is 6.91. The summed E-state index contributed by atoms with van der Waals surface area (Å²) in [5, 5.41) is 9.08. The molecule has 6 nitrogen and oxygen atoms in total. The van der Waals surface area contributed by atoms with Crippen LogP contribution in [-0.2, 0) is 16.6 Å². The van der Waals surface area contributed by atoms with E-state index in [1.165, 1.54) is 16.8 Å². The maximum absolute atomic E-state index is 12.1. The number of carbonyl (C=O) groups is 1. The molecule has 1 heterocycles. The third kappa shape index (κ3) is 4.35. The van der Waals surface area contributed by atoms with Gasteiger partial charge in [0, 0.05) is 19.3 Å². The van der Waals surface area contributed by atoms with Crippen LogP contribution >= 0.6 is 0 Å². The van der Waals surface area contributed by atoms with Crippen LogP contribution < -0.4 is 4.72 Å². The number of carboxylic acid groups (broad SMARTS) is 1. The molecular weight excluding hydrogens is 280 g/mol. The predicted molar refractivity (Wildman–Crippen MR) is 76.3 cm³/mol. The van der Waals surface area contributed by atoms with E-state index < -0.39 is 16.0 Å². The van der Waals surface area contributed by atoms with Crippen LogP contribution in [0.3, 0.4) is 0 Å². The highest BCUT2D eigenvalue weighted by Gasteiger charge is 2.20. The zero-order chi connectivity index (χ0) is 15.3. The van der Waals surface area contributed by atoms with Crippen LogP contribution in [0.5, 0.6) is 0 Å². The van der Waals surface area contributed by atoms with Crippen molar-refractivity contribution in [2.75, 3.05) is 6.54 Å². The van der Waals surface area contributed by atoms with E-state index in [0.29, 0.717) is 19.0 Å². The Balaban J connectivity index is 2.95. The highest BCUT2D eigenvalue weighted by atomic mass is 32.2. The number of nitrogens with one attached hydrogen (secondary N) is 1. The molecule has 0 fully saturated rings. The topological polar surface area (TPSA) is 88.4 Å². The molecule has 114 valence electrons. The van der Waals surface area contributed by atoms with E-state index >= 15 is 0 Å². The number of rotatable bonds is 8. The molecule has 0 atom stereocenters. The molecule has 0 radical (unpaired) electrons. The average Bonchev–Trinajstić information content (AvgIpc) is 2.73. The molecule has 0 saturated carbocycles. The third-order valence-electron chi connectivity index (χ3n) is 2.88. The van der Waals surface area contributed by atoms with Crippen LogP contribution in [0.25, 0.3) is 0 Å². The molecule has 1 aromatic rings. The quantitative estimate of drug-likeness (QED) is 0.768. The molecule has 0 unspecified atom stereocenters. The second-order valence-electron chi connectivity index (χ2n) is 5.14. The fourth-order valence-corrected chi connectivity index (χ4v) is 2.89. The van der Waals surface area contributed by atoms with Gasteiger partial charge in [0.05, 0.1) is 0 Å². The predicted octanol–water partition coefficient (Wildman–Crippen LogP) is 1.92. The SMILES string of the molecule is CCCn1cc(S(=O)(=O)NCCC(C)C)cc1C(=O)O. The average molecular weight is 302 g/mol. The van der Waals surface area contributed by atoms with Crippen LogP contribution in [0.15, 0.2) is 17.2 Å². The van der Waals surface area contributed by atoms with Crippen molar-refractivity contribution in [2.24, 2.45) is 5.92 Å². The van der Waals surface area contributed by atoms with Crippen LogP contribution in [0.2, 0.25) is 0 Å². The van der Waals surface area contributed by atoms with Crippen molar-refractivity contribution in [2.45, 2.75) is 45.1 Å². The lowest BCUT2D eigenvalue weighted by Crippen LogP contribution is -2.25. The van der Waals surface area contributed by atoms with Crippen molar-refractivity contribution in [1.82, 2.24) is 9.29 Å². The van der Waals surface area contributed by atoms with Gasteiger partial charge in [-0.15, -0.1) is 0 Å². The summed E-state index contributed by atoms with van der Waals surface area (Å²) >= 11 is 0. The second kappa shape index (κ2) is 6.90. The summed E-state index contributed by atoms with van der Waals surface area (Å²) in [6, 6.07) is 1.20. The number of nitrogens with zero attached hydrogens (tertiary/aromatic N) is 1. The molecule has 0 aliphatic rings. The Morgan fingerprint density at radius 1 is 1.45 bits per heavy atom. The van der Waals surface area contributed by atoms with Crippen molar-refractivity contribution in [1.29, 1.82) is 0 Å². The zero-order valence-corrected chi connectivity index (χ0v) is 12.9. The minimum atomic E-state index is -3.64. The van der Waals surface area contributed by atoms with E-state index in [4.69, 9.17) is 5.11 Å². The van der Waals surface area contributed by atoms with Gasteiger partial charge in [-0.3, -0.25) is 0 Å². The summed E-state index contributed by atoms with van der Waals surface area (Å²) in [5.74, 6) is -0.723. The van der Waals surface area contributed by atoms with Gasteiger partial charge in [0.25, 0.3) is 0 Å². The molecule has 2 N–H and O–H groups in total.